The van der Waals surface area contributed by atoms with Crippen molar-refractivity contribution in [1.82, 2.24) is 19.4 Å². The fourth-order valence-corrected chi connectivity index (χ4v) is 3.78. The number of hydrogen-bond donors (Lipinski definition) is 1. The molecule has 0 atom stereocenters. The molecule has 33 heavy (non-hydrogen) atoms. The molecular weight excluding hydrogens is 438 g/mol. The van der Waals surface area contributed by atoms with Gasteiger partial charge in [-0.2, -0.15) is 5.10 Å². The number of amides is 1. The largest absolute Gasteiger partial charge is 0.283 e. The quantitative estimate of drug-likeness (QED) is 0.430. The predicted octanol–water partition coefficient (Wildman–Crippen LogP) is 4.22. The Kier molecular flexibility index (Phi) is 5.46. The summed E-state index contributed by atoms with van der Waals surface area (Å²) in [7, 11) is 0. The number of nitrogens with zero attached hydrogens (tertiary/aromatic N) is 4. The van der Waals surface area contributed by atoms with Gasteiger partial charge in [0.25, 0.3) is 5.56 Å². The molecule has 0 bridgehead atoms. The molecule has 1 N–H and O–H groups in total. The van der Waals surface area contributed by atoms with Crippen LogP contribution in [0.2, 0.25) is 5.02 Å². The van der Waals surface area contributed by atoms with Crippen LogP contribution >= 0.6 is 11.6 Å². The summed E-state index contributed by atoms with van der Waals surface area (Å²) in [6.45, 7) is 0. The molecule has 0 fully saturated rings. The maximum absolute atomic E-state index is 12.9. The van der Waals surface area contributed by atoms with E-state index in [0.29, 0.717) is 16.4 Å². The highest BCUT2D eigenvalue weighted by molar-refractivity contribution is 6.30. The first-order chi connectivity index (χ1) is 16.1. The van der Waals surface area contributed by atoms with Crippen molar-refractivity contribution >= 4 is 28.5 Å². The Labute approximate surface area is 193 Å². The van der Waals surface area contributed by atoms with E-state index in [-0.39, 0.29) is 17.7 Å². The standard InChI is InChI=1S/C25H18ClN5O2/c26-20-7-4-8-21(14-20)31-24-22(15-28-31)25(33)30(16-27-24)29-23(32)13-17-9-11-19(12-10-17)18-5-2-1-3-6-18/h1-12,14-16H,13H2,(H,29,32). The second-order valence-electron chi connectivity index (χ2n) is 7.47. The highest BCUT2D eigenvalue weighted by Crippen LogP contribution is 2.20. The van der Waals surface area contributed by atoms with Gasteiger partial charge in [-0.15, -0.1) is 0 Å². The first-order valence-electron chi connectivity index (χ1n) is 10.2. The molecule has 1 amide bonds. The first kappa shape index (κ1) is 20.7. The van der Waals surface area contributed by atoms with Crippen molar-refractivity contribution in [2.45, 2.75) is 6.42 Å². The van der Waals surface area contributed by atoms with Crippen molar-refractivity contribution in [3.8, 4) is 16.8 Å². The lowest BCUT2D eigenvalue weighted by Crippen LogP contribution is -2.34. The van der Waals surface area contributed by atoms with E-state index in [1.165, 1.54) is 17.2 Å². The van der Waals surface area contributed by atoms with E-state index in [2.05, 4.69) is 15.5 Å². The molecule has 0 aliphatic carbocycles. The third-order valence-corrected chi connectivity index (χ3v) is 5.45. The van der Waals surface area contributed by atoms with Crippen LogP contribution in [0, 0.1) is 0 Å². The van der Waals surface area contributed by atoms with E-state index in [4.69, 9.17) is 11.6 Å². The van der Waals surface area contributed by atoms with E-state index in [9.17, 15) is 9.59 Å². The minimum absolute atomic E-state index is 0.126. The van der Waals surface area contributed by atoms with Gasteiger partial charge in [-0.05, 0) is 34.9 Å². The highest BCUT2D eigenvalue weighted by atomic mass is 35.5. The van der Waals surface area contributed by atoms with Crippen LogP contribution in [0.4, 0.5) is 0 Å². The normalized spacial score (nSPS) is 10.9. The smallest absolute Gasteiger partial charge is 0.273 e. The molecular formula is C25H18ClN5O2. The molecule has 2 aromatic heterocycles. The van der Waals surface area contributed by atoms with Crippen molar-refractivity contribution in [3.05, 3.63) is 112 Å². The Hall–Kier alpha value is -4.23. The monoisotopic (exact) mass is 455 g/mol. The molecule has 0 radical (unpaired) electrons. The predicted molar refractivity (Wildman–Crippen MR) is 128 cm³/mol. The molecule has 3 aromatic carbocycles. The third-order valence-electron chi connectivity index (χ3n) is 5.21. The Morgan fingerprint density at radius 1 is 0.939 bits per heavy atom. The zero-order valence-electron chi connectivity index (χ0n) is 17.4. The number of aromatic nitrogens is 4. The lowest BCUT2D eigenvalue weighted by Gasteiger charge is -2.09. The number of rotatable bonds is 5. The SMILES string of the molecule is O=C(Cc1ccc(-c2ccccc2)cc1)Nn1cnc2c(cnn2-c2cccc(Cl)c2)c1=O. The van der Waals surface area contributed by atoms with Gasteiger partial charge in [0.1, 0.15) is 11.7 Å². The van der Waals surface area contributed by atoms with Crippen LogP contribution in [0.15, 0.2) is 96.2 Å². The van der Waals surface area contributed by atoms with Crippen LogP contribution in [0.5, 0.6) is 0 Å². The number of nitrogens with one attached hydrogen (secondary N) is 1. The van der Waals surface area contributed by atoms with Crippen molar-refractivity contribution in [1.29, 1.82) is 0 Å². The van der Waals surface area contributed by atoms with Crippen LogP contribution in [0.1, 0.15) is 5.56 Å². The molecule has 2 heterocycles. The van der Waals surface area contributed by atoms with Gasteiger partial charge >= 0.3 is 0 Å². The van der Waals surface area contributed by atoms with Crippen LogP contribution in [0.25, 0.3) is 27.8 Å². The fourth-order valence-electron chi connectivity index (χ4n) is 3.59. The number of hydrogen-bond acceptors (Lipinski definition) is 4. The minimum Gasteiger partial charge on any atom is -0.273 e. The number of carbonyl (C=O) groups is 1. The second kappa shape index (κ2) is 8.72. The van der Waals surface area contributed by atoms with Gasteiger partial charge in [0.15, 0.2) is 5.65 Å². The number of halogens is 1. The molecule has 8 heteroatoms. The number of fused-ring (bicyclic) bond motifs is 1. The second-order valence-corrected chi connectivity index (χ2v) is 7.90. The summed E-state index contributed by atoms with van der Waals surface area (Å²) < 4.78 is 2.61. The molecule has 5 aromatic rings. The third kappa shape index (κ3) is 4.26. The summed E-state index contributed by atoms with van der Waals surface area (Å²) in [6.07, 6.45) is 2.83. The number of carbonyl (C=O) groups excluding carboxylic acids is 1. The summed E-state index contributed by atoms with van der Waals surface area (Å²) >= 11 is 6.06. The molecule has 0 aliphatic heterocycles. The zero-order chi connectivity index (χ0) is 22.8. The van der Waals surface area contributed by atoms with Crippen molar-refractivity contribution in [3.63, 3.8) is 0 Å². The topological polar surface area (TPSA) is 81.8 Å². The van der Waals surface area contributed by atoms with Crippen LogP contribution in [-0.2, 0) is 11.2 Å². The van der Waals surface area contributed by atoms with Crippen molar-refractivity contribution in [2.75, 3.05) is 5.43 Å². The summed E-state index contributed by atoms with van der Waals surface area (Å²) in [4.78, 5) is 29.7. The Morgan fingerprint density at radius 2 is 1.70 bits per heavy atom. The molecule has 0 unspecified atom stereocenters. The molecule has 7 nitrogen and oxygen atoms in total. The van der Waals surface area contributed by atoms with E-state index in [1.54, 1.807) is 18.2 Å². The highest BCUT2D eigenvalue weighted by Gasteiger charge is 2.13. The lowest BCUT2D eigenvalue weighted by atomic mass is 10.0. The van der Waals surface area contributed by atoms with E-state index in [1.807, 2.05) is 60.7 Å². The summed E-state index contributed by atoms with van der Waals surface area (Å²) in [5, 5.41) is 5.09. The van der Waals surface area contributed by atoms with Crippen molar-refractivity contribution in [2.24, 2.45) is 0 Å². The van der Waals surface area contributed by atoms with Gasteiger partial charge in [-0.1, -0.05) is 72.3 Å². The molecule has 162 valence electrons. The van der Waals surface area contributed by atoms with Gasteiger partial charge in [-0.25, -0.2) is 14.3 Å². The molecule has 0 aliphatic rings. The Balaban J connectivity index is 1.33. The van der Waals surface area contributed by atoms with Crippen molar-refractivity contribution < 1.29 is 4.79 Å². The maximum atomic E-state index is 12.9. The molecule has 0 saturated carbocycles. The van der Waals surface area contributed by atoms with E-state index >= 15 is 0 Å². The molecule has 0 saturated heterocycles. The van der Waals surface area contributed by atoms with Gasteiger partial charge in [0.05, 0.1) is 18.3 Å². The van der Waals surface area contributed by atoms with E-state index < -0.39 is 5.56 Å². The lowest BCUT2D eigenvalue weighted by molar-refractivity contribution is -0.116. The zero-order valence-corrected chi connectivity index (χ0v) is 18.1. The maximum Gasteiger partial charge on any atom is 0.283 e. The molecule has 5 rings (SSSR count). The average Bonchev–Trinajstić information content (AvgIpc) is 3.27. The van der Waals surface area contributed by atoms with Gasteiger partial charge in [0.2, 0.25) is 5.91 Å². The summed E-state index contributed by atoms with van der Waals surface area (Å²) in [5.41, 5.74) is 6.27. The molecule has 0 spiro atoms. The summed E-state index contributed by atoms with van der Waals surface area (Å²) in [5.74, 6) is -0.326. The van der Waals surface area contributed by atoms with Crippen LogP contribution in [-0.4, -0.2) is 25.3 Å². The minimum atomic E-state index is -0.416. The Morgan fingerprint density at radius 3 is 2.45 bits per heavy atom. The fraction of sp³-hybridized carbons (Fsp3) is 0.0400. The van der Waals surface area contributed by atoms with E-state index in [0.717, 1.165) is 21.4 Å². The Bertz CT molecular complexity index is 1510. The first-order valence-corrected chi connectivity index (χ1v) is 10.6. The number of benzene rings is 3. The van der Waals surface area contributed by atoms with Gasteiger partial charge in [0, 0.05) is 5.02 Å². The van der Waals surface area contributed by atoms with Gasteiger partial charge in [-0.3, -0.25) is 15.0 Å². The average molecular weight is 456 g/mol. The van der Waals surface area contributed by atoms with Crippen LogP contribution in [0.3, 0.4) is 0 Å². The van der Waals surface area contributed by atoms with Crippen LogP contribution < -0.4 is 11.0 Å². The summed E-state index contributed by atoms with van der Waals surface area (Å²) in [6, 6.07) is 24.8. The van der Waals surface area contributed by atoms with Gasteiger partial charge < -0.3 is 0 Å².